The van der Waals surface area contributed by atoms with E-state index in [1.54, 1.807) is 19.1 Å². The molecule has 1 saturated heterocycles. The highest BCUT2D eigenvalue weighted by atomic mass is 32.2. The summed E-state index contributed by atoms with van der Waals surface area (Å²) in [4.78, 5) is 35.4. The molecule has 3 fully saturated rings. The number of nitrogens with zero attached hydrogens (tertiary/aromatic N) is 4. The molecule has 2 atom stereocenters. The van der Waals surface area contributed by atoms with Crippen molar-refractivity contribution in [3.8, 4) is 23.2 Å². The molecular formula is C27H27F3N4O5S. The van der Waals surface area contributed by atoms with Gasteiger partial charge in [0.25, 0.3) is 0 Å². The molecule has 1 aliphatic heterocycles. The van der Waals surface area contributed by atoms with E-state index in [9.17, 15) is 36.4 Å². The summed E-state index contributed by atoms with van der Waals surface area (Å²) in [6, 6.07) is 5.51. The molecule has 212 valence electrons. The maximum absolute atomic E-state index is 13.8. The minimum Gasteiger partial charge on any atom is -0.467 e. The maximum atomic E-state index is 13.8. The standard InChI is InChI=1S/C27H27F3N4O5S/c1-16-9-17(18-12-32-24(39-2)33-13-18)3-4-22(16)40(37,38)19-10-20(21(35)11-25(15-31)5-6-25)34(14-19)23(36)26(7-8-26)27(28,29)30/h3-4,9,12-13,19-20H,5-8,10-11,14H2,1-2H3/t19-,20+/m1/s1. The van der Waals surface area contributed by atoms with Gasteiger partial charge in [-0.2, -0.15) is 18.4 Å². The van der Waals surface area contributed by atoms with Gasteiger partial charge < -0.3 is 9.64 Å². The summed E-state index contributed by atoms with van der Waals surface area (Å²) < 4.78 is 74.0. The number of aromatic nitrogens is 2. The lowest BCUT2D eigenvalue weighted by molar-refractivity contribution is -0.199. The second-order valence-corrected chi connectivity index (χ2v) is 13.1. The molecule has 13 heteroatoms. The quantitative estimate of drug-likeness (QED) is 0.464. The molecule has 0 unspecified atom stereocenters. The largest absolute Gasteiger partial charge is 0.467 e. The van der Waals surface area contributed by atoms with Crippen LogP contribution in [0.4, 0.5) is 13.2 Å². The number of hydrogen-bond acceptors (Lipinski definition) is 8. The van der Waals surface area contributed by atoms with Crippen molar-refractivity contribution in [1.82, 2.24) is 14.9 Å². The van der Waals surface area contributed by atoms with Crippen LogP contribution in [0.1, 0.15) is 44.1 Å². The van der Waals surface area contributed by atoms with E-state index in [0.29, 0.717) is 29.5 Å². The lowest BCUT2D eigenvalue weighted by Crippen LogP contribution is -2.49. The fourth-order valence-corrected chi connectivity index (χ4v) is 7.32. The molecule has 2 saturated carbocycles. The number of ketones is 1. The van der Waals surface area contributed by atoms with Gasteiger partial charge in [0.2, 0.25) is 5.91 Å². The number of aryl methyl sites for hydroxylation is 1. The highest BCUT2D eigenvalue weighted by molar-refractivity contribution is 7.92. The van der Waals surface area contributed by atoms with Crippen LogP contribution in [-0.2, 0) is 19.4 Å². The average molecular weight is 577 g/mol. The molecule has 0 N–H and O–H groups in total. The van der Waals surface area contributed by atoms with Crippen LogP contribution in [0.2, 0.25) is 0 Å². The van der Waals surface area contributed by atoms with Gasteiger partial charge in [-0.1, -0.05) is 12.1 Å². The summed E-state index contributed by atoms with van der Waals surface area (Å²) in [5, 5.41) is 8.14. The van der Waals surface area contributed by atoms with Crippen molar-refractivity contribution in [3.05, 3.63) is 36.2 Å². The number of hydrogen-bond donors (Lipinski definition) is 0. The summed E-state index contributed by atoms with van der Waals surface area (Å²) in [6.07, 6.45) is -2.15. The third-order valence-corrected chi connectivity index (χ3v) is 10.6. The SMILES string of the molecule is COc1ncc(-c2ccc(S(=O)(=O)[C@@H]3C[C@@H](C(=O)CC4(C#N)CC4)N(C(=O)C4(C(F)(F)F)CC4)C3)c(C)c2)cn1. The maximum Gasteiger partial charge on any atom is 0.403 e. The Morgan fingerprint density at radius 1 is 1.15 bits per heavy atom. The van der Waals surface area contributed by atoms with Crippen molar-refractivity contribution < 1.29 is 35.9 Å². The first-order valence-electron chi connectivity index (χ1n) is 12.8. The van der Waals surface area contributed by atoms with Gasteiger partial charge in [0, 0.05) is 30.9 Å². The van der Waals surface area contributed by atoms with E-state index in [-0.39, 0.29) is 23.7 Å². The van der Waals surface area contributed by atoms with Gasteiger partial charge in [-0.3, -0.25) is 9.59 Å². The fourth-order valence-electron chi connectivity index (χ4n) is 5.40. The van der Waals surface area contributed by atoms with Crippen LogP contribution in [0.15, 0.2) is 35.5 Å². The van der Waals surface area contributed by atoms with Crippen LogP contribution in [0, 0.1) is 29.1 Å². The molecule has 2 heterocycles. The lowest BCUT2D eigenvalue weighted by atomic mass is 9.95. The van der Waals surface area contributed by atoms with Gasteiger partial charge in [0.05, 0.1) is 34.8 Å². The number of methoxy groups -OCH3 is 1. The predicted octanol–water partition coefficient (Wildman–Crippen LogP) is 3.81. The Kier molecular flexibility index (Phi) is 6.68. The van der Waals surface area contributed by atoms with Crippen molar-refractivity contribution in [1.29, 1.82) is 5.26 Å². The Morgan fingerprint density at radius 2 is 1.80 bits per heavy atom. The number of Topliss-reactive ketones (excluding diaryl/α,β-unsaturated/α-hetero) is 1. The van der Waals surface area contributed by atoms with E-state index in [1.165, 1.54) is 25.6 Å². The van der Waals surface area contributed by atoms with Crippen LogP contribution in [0.5, 0.6) is 6.01 Å². The molecule has 0 radical (unpaired) electrons. The second kappa shape index (κ2) is 9.54. The zero-order valence-corrected chi connectivity index (χ0v) is 22.7. The van der Waals surface area contributed by atoms with E-state index < -0.39 is 69.2 Å². The predicted molar refractivity (Wildman–Crippen MR) is 134 cm³/mol. The molecule has 5 rings (SSSR count). The highest BCUT2D eigenvalue weighted by Crippen LogP contribution is 2.59. The van der Waals surface area contributed by atoms with E-state index in [1.807, 2.05) is 0 Å². The number of carbonyl (C=O) groups excluding carboxylic acids is 2. The number of halogens is 3. The molecular weight excluding hydrogens is 549 g/mol. The summed E-state index contributed by atoms with van der Waals surface area (Å²) in [5.41, 5.74) is -1.83. The molecule has 2 aliphatic carbocycles. The fraction of sp³-hybridized carbons (Fsp3) is 0.519. The van der Waals surface area contributed by atoms with Crippen LogP contribution in [0.25, 0.3) is 11.1 Å². The summed E-state index contributed by atoms with van der Waals surface area (Å²) in [6.45, 7) is 1.07. The Labute approximate surface area is 229 Å². The third-order valence-electron chi connectivity index (χ3n) is 8.26. The third kappa shape index (κ3) is 4.72. The van der Waals surface area contributed by atoms with Gasteiger partial charge in [0.1, 0.15) is 5.41 Å². The summed E-state index contributed by atoms with van der Waals surface area (Å²) >= 11 is 0. The first-order chi connectivity index (χ1) is 18.8. The van der Waals surface area contributed by atoms with Gasteiger partial charge in [0.15, 0.2) is 15.6 Å². The summed E-state index contributed by atoms with van der Waals surface area (Å²) in [7, 11) is -2.72. The Morgan fingerprint density at radius 3 is 2.30 bits per heavy atom. The van der Waals surface area contributed by atoms with E-state index in [2.05, 4.69) is 16.0 Å². The number of carbonyl (C=O) groups is 2. The Balaban J connectivity index is 1.44. The number of rotatable bonds is 8. The molecule has 0 spiro atoms. The minimum absolute atomic E-state index is 0.0381. The first-order valence-corrected chi connectivity index (χ1v) is 14.3. The molecule has 40 heavy (non-hydrogen) atoms. The zero-order chi connectivity index (χ0) is 29.1. The average Bonchev–Trinajstić information content (AvgIpc) is 3.84. The first kappa shape index (κ1) is 28.0. The monoisotopic (exact) mass is 576 g/mol. The number of amides is 1. The van der Waals surface area contributed by atoms with Gasteiger partial charge in [-0.15, -0.1) is 0 Å². The van der Waals surface area contributed by atoms with Crippen molar-refractivity contribution in [2.45, 2.75) is 67.8 Å². The molecule has 1 amide bonds. The zero-order valence-electron chi connectivity index (χ0n) is 21.9. The molecule has 1 aromatic carbocycles. The minimum atomic E-state index is -4.81. The van der Waals surface area contributed by atoms with E-state index >= 15 is 0 Å². The Bertz CT molecular complexity index is 1510. The van der Waals surface area contributed by atoms with Crippen LogP contribution < -0.4 is 4.74 Å². The van der Waals surface area contributed by atoms with E-state index in [0.717, 1.165) is 4.90 Å². The number of alkyl halides is 3. The smallest absolute Gasteiger partial charge is 0.403 e. The second-order valence-electron chi connectivity index (χ2n) is 10.9. The molecule has 0 bridgehead atoms. The van der Waals surface area contributed by atoms with Gasteiger partial charge in [-0.25, -0.2) is 18.4 Å². The number of ether oxygens (including phenoxy) is 1. The molecule has 1 aromatic heterocycles. The summed E-state index contributed by atoms with van der Waals surface area (Å²) in [5.74, 6) is -1.83. The Hall–Kier alpha value is -3.53. The highest BCUT2D eigenvalue weighted by Gasteiger charge is 2.70. The van der Waals surface area contributed by atoms with Crippen LogP contribution in [0.3, 0.4) is 0 Å². The normalized spacial score (nSPS) is 22.9. The van der Waals surface area contributed by atoms with Crippen molar-refractivity contribution in [3.63, 3.8) is 0 Å². The molecule has 3 aliphatic rings. The van der Waals surface area contributed by atoms with Crippen LogP contribution >= 0.6 is 0 Å². The topological polar surface area (TPSA) is 130 Å². The van der Waals surface area contributed by atoms with Crippen molar-refractivity contribution >= 4 is 21.5 Å². The van der Waals surface area contributed by atoms with Crippen molar-refractivity contribution in [2.24, 2.45) is 10.8 Å². The number of likely N-dealkylation sites (tertiary alicyclic amines) is 1. The van der Waals surface area contributed by atoms with Crippen molar-refractivity contribution in [2.75, 3.05) is 13.7 Å². The van der Waals surface area contributed by atoms with E-state index in [4.69, 9.17) is 4.74 Å². The van der Waals surface area contributed by atoms with Gasteiger partial charge >= 0.3 is 12.2 Å². The lowest BCUT2D eigenvalue weighted by Gasteiger charge is -2.29. The number of benzene rings is 1. The number of sulfone groups is 1. The van der Waals surface area contributed by atoms with Crippen LogP contribution in [-0.4, -0.2) is 66.1 Å². The number of nitriles is 1. The molecule has 9 nitrogen and oxygen atoms in total. The molecule has 2 aromatic rings. The van der Waals surface area contributed by atoms with Gasteiger partial charge in [-0.05, 0) is 56.2 Å².